The van der Waals surface area contributed by atoms with Crippen molar-refractivity contribution in [3.05, 3.63) is 42.1 Å². The number of ether oxygens (including phenoxy) is 3. The van der Waals surface area contributed by atoms with Crippen LogP contribution in [0.15, 0.2) is 36.5 Å². The van der Waals surface area contributed by atoms with Crippen LogP contribution in [-0.4, -0.2) is 42.9 Å². The third kappa shape index (κ3) is 3.88. The van der Waals surface area contributed by atoms with Gasteiger partial charge in [0.1, 0.15) is 17.2 Å². The van der Waals surface area contributed by atoms with Crippen LogP contribution in [0, 0.1) is 6.92 Å². The Morgan fingerprint density at radius 1 is 1.18 bits per heavy atom. The Bertz CT molecular complexity index is 951. The molecular weight excluding hydrogens is 378 g/mol. The number of fused-ring (bicyclic) bond motifs is 1. The second-order valence-corrected chi connectivity index (χ2v) is 6.83. The zero-order chi connectivity index (χ0) is 18.8. The fourth-order valence-corrected chi connectivity index (χ4v) is 3.52. The van der Waals surface area contributed by atoms with E-state index in [2.05, 4.69) is 35.0 Å². The molecule has 6 nitrogen and oxygen atoms in total. The average Bonchev–Trinajstić information content (AvgIpc) is 3.33. The first-order valence-electron chi connectivity index (χ1n) is 9.26. The number of rotatable bonds is 6. The quantitative estimate of drug-likeness (QED) is 0.663. The molecule has 1 saturated heterocycles. The predicted molar refractivity (Wildman–Crippen MR) is 113 cm³/mol. The number of hydrogen-bond donors (Lipinski definition) is 1. The van der Waals surface area contributed by atoms with Gasteiger partial charge in [-0.05, 0) is 55.7 Å². The molecule has 7 heteroatoms. The number of pyridine rings is 1. The lowest BCUT2D eigenvalue weighted by Gasteiger charge is -2.14. The van der Waals surface area contributed by atoms with Crippen LogP contribution < -0.4 is 14.8 Å². The summed E-state index contributed by atoms with van der Waals surface area (Å²) in [4.78, 5) is 4.88. The van der Waals surface area contributed by atoms with Gasteiger partial charge in [-0.25, -0.2) is 4.98 Å². The van der Waals surface area contributed by atoms with Crippen LogP contribution in [0.4, 0.5) is 5.82 Å². The van der Waals surface area contributed by atoms with Crippen LogP contribution in [0.2, 0.25) is 0 Å². The summed E-state index contributed by atoms with van der Waals surface area (Å²) in [7, 11) is 3.28. The zero-order valence-corrected chi connectivity index (χ0v) is 17.2. The molecule has 1 atom stereocenters. The maximum Gasteiger partial charge on any atom is 0.161 e. The lowest BCUT2D eigenvalue weighted by Crippen LogP contribution is -2.19. The van der Waals surface area contributed by atoms with E-state index in [0.717, 1.165) is 48.7 Å². The van der Waals surface area contributed by atoms with E-state index < -0.39 is 0 Å². The molecule has 0 amide bonds. The van der Waals surface area contributed by atoms with E-state index in [4.69, 9.17) is 19.2 Å². The number of aryl methyl sites for hydroxylation is 1. The lowest BCUT2D eigenvalue weighted by atomic mass is 10.1. The standard InChI is InChI=1S/C21H25N3O3.ClH/c1-14-8-9-24-19(11-14)23-20(21(24)22-13-16-5-4-10-27-16)15-6-7-17(25-2)18(12-15)26-3;/h6-9,11-12,16,22H,4-5,10,13H2,1-3H3;1H. The molecule has 1 N–H and O–H groups in total. The molecule has 3 aromatic rings. The van der Waals surface area contributed by atoms with Gasteiger partial charge in [-0.1, -0.05) is 0 Å². The van der Waals surface area contributed by atoms with Gasteiger partial charge in [0.05, 0.1) is 20.3 Å². The molecule has 1 fully saturated rings. The molecule has 0 saturated carbocycles. The van der Waals surface area contributed by atoms with Crippen molar-refractivity contribution in [1.82, 2.24) is 9.38 Å². The zero-order valence-electron chi connectivity index (χ0n) is 16.4. The van der Waals surface area contributed by atoms with Crippen molar-refractivity contribution in [3.8, 4) is 22.8 Å². The number of imidazole rings is 1. The molecule has 2 aromatic heterocycles. The summed E-state index contributed by atoms with van der Waals surface area (Å²) in [5.74, 6) is 2.36. The smallest absolute Gasteiger partial charge is 0.161 e. The summed E-state index contributed by atoms with van der Waals surface area (Å²) >= 11 is 0. The molecule has 28 heavy (non-hydrogen) atoms. The molecular formula is C21H26ClN3O3. The van der Waals surface area contributed by atoms with Gasteiger partial charge in [0.25, 0.3) is 0 Å². The van der Waals surface area contributed by atoms with Crippen molar-refractivity contribution in [2.24, 2.45) is 0 Å². The Hall–Kier alpha value is -2.44. The highest BCUT2D eigenvalue weighted by Gasteiger charge is 2.19. The molecule has 0 bridgehead atoms. The minimum atomic E-state index is 0. The minimum absolute atomic E-state index is 0. The average molecular weight is 404 g/mol. The topological polar surface area (TPSA) is 57.0 Å². The van der Waals surface area contributed by atoms with E-state index in [1.54, 1.807) is 14.2 Å². The molecule has 1 aliphatic heterocycles. The van der Waals surface area contributed by atoms with E-state index in [1.165, 1.54) is 5.56 Å². The Morgan fingerprint density at radius 2 is 2.00 bits per heavy atom. The fraction of sp³-hybridized carbons (Fsp3) is 0.381. The Morgan fingerprint density at radius 3 is 2.71 bits per heavy atom. The summed E-state index contributed by atoms with van der Waals surface area (Å²) in [5, 5.41) is 3.57. The van der Waals surface area contributed by atoms with Gasteiger partial charge in [-0.3, -0.25) is 4.40 Å². The Balaban J connectivity index is 0.00000225. The second-order valence-electron chi connectivity index (χ2n) is 6.83. The second kappa shape index (κ2) is 8.71. The van der Waals surface area contributed by atoms with Crippen LogP contribution in [0.3, 0.4) is 0 Å². The fourth-order valence-electron chi connectivity index (χ4n) is 3.52. The van der Waals surface area contributed by atoms with Crippen LogP contribution in [0.25, 0.3) is 16.9 Å². The first-order chi connectivity index (χ1) is 13.2. The number of aromatic nitrogens is 2. The van der Waals surface area contributed by atoms with Crippen LogP contribution >= 0.6 is 12.4 Å². The Labute approximate surface area is 171 Å². The first-order valence-corrected chi connectivity index (χ1v) is 9.26. The van der Waals surface area contributed by atoms with Crippen LogP contribution in [-0.2, 0) is 4.74 Å². The van der Waals surface area contributed by atoms with E-state index >= 15 is 0 Å². The van der Waals surface area contributed by atoms with Crippen molar-refractivity contribution in [1.29, 1.82) is 0 Å². The first kappa shape index (κ1) is 20.3. The van der Waals surface area contributed by atoms with Crippen molar-refractivity contribution in [2.45, 2.75) is 25.9 Å². The van der Waals surface area contributed by atoms with Crippen molar-refractivity contribution in [3.63, 3.8) is 0 Å². The number of methoxy groups -OCH3 is 2. The predicted octanol–water partition coefficient (Wildman–Crippen LogP) is 4.34. The highest BCUT2D eigenvalue weighted by molar-refractivity contribution is 5.85. The maximum atomic E-state index is 5.77. The molecule has 0 aliphatic carbocycles. The summed E-state index contributed by atoms with van der Waals surface area (Å²) in [5.41, 5.74) is 3.95. The number of anilines is 1. The normalized spacial score (nSPS) is 16.0. The Kier molecular flexibility index (Phi) is 6.31. The van der Waals surface area contributed by atoms with Crippen molar-refractivity contribution in [2.75, 3.05) is 32.7 Å². The van der Waals surface area contributed by atoms with E-state index in [9.17, 15) is 0 Å². The molecule has 0 spiro atoms. The third-order valence-electron chi connectivity index (χ3n) is 4.96. The summed E-state index contributed by atoms with van der Waals surface area (Å²) in [6, 6.07) is 10.1. The number of nitrogens with one attached hydrogen (secondary N) is 1. The highest BCUT2D eigenvalue weighted by Crippen LogP contribution is 2.35. The highest BCUT2D eigenvalue weighted by atomic mass is 35.5. The van der Waals surface area contributed by atoms with Crippen LogP contribution in [0.5, 0.6) is 11.5 Å². The summed E-state index contributed by atoms with van der Waals surface area (Å²) < 4.78 is 18.7. The van der Waals surface area contributed by atoms with Gasteiger partial charge in [-0.2, -0.15) is 0 Å². The monoisotopic (exact) mass is 403 g/mol. The molecule has 1 unspecified atom stereocenters. The number of benzene rings is 1. The van der Waals surface area contributed by atoms with Gasteiger partial charge in [0, 0.05) is 24.9 Å². The molecule has 4 rings (SSSR count). The van der Waals surface area contributed by atoms with Crippen molar-refractivity contribution >= 4 is 23.9 Å². The molecule has 0 radical (unpaired) electrons. The van der Waals surface area contributed by atoms with E-state index in [0.29, 0.717) is 11.5 Å². The van der Waals surface area contributed by atoms with Gasteiger partial charge in [0.15, 0.2) is 11.5 Å². The minimum Gasteiger partial charge on any atom is -0.493 e. The van der Waals surface area contributed by atoms with Crippen LogP contribution in [0.1, 0.15) is 18.4 Å². The van der Waals surface area contributed by atoms with Gasteiger partial charge in [0.2, 0.25) is 0 Å². The van der Waals surface area contributed by atoms with E-state index in [-0.39, 0.29) is 18.5 Å². The summed E-state index contributed by atoms with van der Waals surface area (Å²) in [6.45, 7) is 3.69. The SMILES string of the molecule is COc1ccc(-c2nc3cc(C)ccn3c2NCC2CCCO2)cc1OC.Cl. The maximum absolute atomic E-state index is 5.77. The number of nitrogens with zero attached hydrogens (tertiary/aromatic N) is 2. The molecule has 150 valence electrons. The number of hydrogen-bond acceptors (Lipinski definition) is 5. The van der Waals surface area contributed by atoms with Gasteiger partial charge in [-0.15, -0.1) is 12.4 Å². The lowest BCUT2D eigenvalue weighted by molar-refractivity contribution is 0.120. The third-order valence-corrected chi connectivity index (χ3v) is 4.96. The summed E-state index contributed by atoms with van der Waals surface area (Å²) in [6.07, 6.45) is 4.52. The molecule has 1 aromatic carbocycles. The van der Waals surface area contributed by atoms with Gasteiger partial charge >= 0.3 is 0 Å². The number of halogens is 1. The molecule has 1 aliphatic rings. The van der Waals surface area contributed by atoms with Crippen molar-refractivity contribution < 1.29 is 14.2 Å². The van der Waals surface area contributed by atoms with E-state index in [1.807, 2.05) is 18.2 Å². The van der Waals surface area contributed by atoms with Gasteiger partial charge < -0.3 is 19.5 Å². The largest absolute Gasteiger partial charge is 0.493 e. The molecule has 3 heterocycles.